The van der Waals surface area contributed by atoms with E-state index in [-0.39, 0.29) is 0 Å². The summed E-state index contributed by atoms with van der Waals surface area (Å²) in [6, 6.07) is 12.4. The van der Waals surface area contributed by atoms with E-state index in [1.165, 1.54) is 5.69 Å². The lowest BCUT2D eigenvalue weighted by atomic mass is 10.2. The molecule has 0 radical (unpaired) electrons. The first kappa shape index (κ1) is 13.1. The minimum Gasteiger partial charge on any atom is -0.465 e. The molecule has 106 valence electrons. The normalized spacial score (nSPS) is 15.3. The van der Waals surface area contributed by atoms with Crippen LogP contribution in [0.5, 0.6) is 0 Å². The average molecular weight is 272 g/mol. The molecule has 0 aliphatic carbocycles. The minimum absolute atomic E-state index is 0.704. The predicted octanol–water partition coefficient (Wildman–Crippen LogP) is 3.04. The fraction of sp³-hybridized carbons (Fsp3) is 0.375. The second-order valence-corrected chi connectivity index (χ2v) is 4.98. The Labute approximate surface area is 119 Å². The van der Waals surface area contributed by atoms with E-state index in [0.717, 1.165) is 43.5 Å². The number of ether oxygens (including phenoxy) is 1. The van der Waals surface area contributed by atoms with Gasteiger partial charge in [0.15, 0.2) is 0 Å². The topological polar surface area (TPSA) is 37.6 Å². The number of hydrogen-bond acceptors (Lipinski definition) is 4. The van der Waals surface area contributed by atoms with Gasteiger partial charge in [-0.3, -0.25) is 0 Å². The number of para-hydroxylation sites is 2. The van der Waals surface area contributed by atoms with Gasteiger partial charge in [-0.1, -0.05) is 12.1 Å². The average Bonchev–Trinajstić information content (AvgIpc) is 2.92. The monoisotopic (exact) mass is 272 g/mol. The molecule has 1 aliphatic heterocycles. The summed E-state index contributed by atoms with van der Waals surface area (Å²) in [5, 5.41) is 3.46. The largest absolute Gasteiger partial charge is 0.465 e. The Morgan fingerprint density at radius 2 is 1.90 bits per heavy atom. The lowest BCUT2D eigenvalue weighted by Gasteiger charge is -2.30. The molecule has 20 heavy (non-hydrogen) atoms. The zero-order valence-corrected chi connectivity index (χ0v) is 11.8. The van der Waals surface area contributed by atoms with E-state index < -0.39 is 0 Å². The van der Waals surface area contributed by atoms with Crippen molar-refractivity contribution < 1.29 is 9.15 Å². The minimum atomic E-state index is 0.704. The van der Waals surface area contributed by atoms with Crippen LogP contribution in [-0.2, 0) is 11.3 Å². The van der Waals surface area contributed by atoms with Crippen molar-refractivity contribution in [2.24, 2.45) is 0 Å². The first-order valence-corrected chi connectivity index (χ1v) is 7.04. The van der Waals surface area contributed by atoms with Crippen LogP contribution in [0.3, 0.4) is 0 Å². The summed E-state index contributed by atoms with van der Waals surface area (Å²) < 4.78 is 11.0. The van der Waals surface area contributed by atoms with E-state index in [2.05, 4.69) is 34.5 Å². The van der Waals surface area contributed by atoms with Gasteiger partial charge in [-0.15, -0.1) is 0 Å². The molecule has 1 aromatic heterocycles. The van der Waals surface area contributed by atoms with Gasteiger partial charge in [0.2, 0.25) is 0 Å². The maximum atomic E-state index is 5.59. The SMILES string of the molecule is Cc1ccc(CNc2ccccc2N2CCOCC2)o1. The summed E-state index contributed by atoms with van der Waals surface area (Å²) in [6.07, 6.45) is 0. The highest BCUT2D eigenvalue weighted by Crippen LogP contribution is 2.26. The lowest BCUT2D eigenvalue weighted by Crippen LogP contribution is -2.36. The van der Waals surface area contributed by atoms with Crippen LogP contribution >= 0.6 is 0 Å². The van der Waals surface area contributed by atoms with E-state index >= 15 is 0 Å². The fourth-order valence-corrected chi connectivity index (χ4v) is 2.47. The van der Waals surface area contributed by atoms with Crippen molar-refractivity contribution >= 4 is 11.4 Å². The highest BCUT2D eigenvalue weighted by molar-refractivity contribution is 5.70. The van der Waals surface area contributed by atoms with E-state index in [1.54, 1.807) is 0 Å². The molecule has 1 aliphatic rings. The van der Waals surface area contributed by atoms with Gasteiger partial charge in [0.1, 0.15) is 11.5 Å². The highest BCUT2D eigenvalue weighted by Gasteiger charge is 2.14. The van der Waals surface area contributed by atoms with Crippen molar-refractivity contribution in [2.75, 3.05) is 36.5 Å². The summed E-state index contributed by atoms with van der Waals surface area (Å²) in [5.41, 5.74) is 2.38. The summed E-state index contributed by atoms with van der Waals surface area (Å²) in [4.78, 5) is 2.36. The summed E-state index contributed by atoms with van der Waals surface area (Å²) in [5.74, 6) is 1.91. The molecule has 2 heterocycles. The molecule has 1 fully saturated rings. The van der Waals surface area contributed by atoms with E-state index in [1.807, 2.05) is 19.1 Å². The van der Waals surface area contributed by atoms with Crippen molar-refractivity contribution in [1.82, 2.24) is 0 Å². The number of aryl methyl sites for hydroxylation is 1. The third-order valence-electron chi connectivity index (χ3n) is 3.50. The molecule has 0 amide bonds. The molecule has 4 nitrogen and oxygen atoms in total. The van der Waals surface area contributed by atoms with Gasteiger partial charge in [0, 0.05) is 13.1 Å². The first-order valence-electron chi connectivity index (χ1n) is 7.04. The number of rotatable bonds is 4. The maximum absolute atomic E-state index is 5.59. The Bertz CT molecular complexity index is 559. The van der Waals surface area contributed by atoms with Crippen LogP contribution in [0.1, 0.15) is 11.5 Å². The number of nitrogens with one attached hydrogen (secondary N) is 1. The molecule has 0 spiro atoms. The van der Waals surface area contributed by atoms with E-state index in [9.17, 15) is 0 Å². The Kier molecular flexibility index (Phi) is 3.92. The van der Waals surface area contributed by atoms with Gasteiger partial charge < -0.3 is 19.4 Å². The molecular weight excluding hydrogens is 252 g/mol. The van der Waals surface area contributed by atoms with Gasteiger partial charge in [-0.2, -0.15) is 0 Å². The molecule has 3 rings (SSSR count). The van der Waals surface area contributed by atoms with Crippen molar-refractivity contribution in [3.8, 4) is 0 Å². The molecule has 0 unspecified atom stereocenters. The number of hydrogen-bond donors (Lipinski definition) is 1. The van der Waals surface area contributed by atoms with Gasteiger partial charge in [0.05, 0.1) is 31.1 Å². The predicted molar refractivity (Wildman–Crippen MR) is 80.2 cm³/mol. The number of morpholine rings is 1. The quantitative estimate of drug-likeness (QED) is 0.928. The van der Waals surface area contributed by atoms with Gasteiger partial charge in [0.25, 0.3) is 0 Å². The second-order valence-electron chi connectivity index (χ2n) is 4.98. The standard InChI is InChI=1S/C16H20N2O2/c1-13-6-7-14(20-13)12-17-15-4-2-3-5-16(15)18-8-10-19-11-9-18/h2-7,17H,8-12H2,1H3. The summed E-state index contributed by atoms with van der Waals surface area (Å²) >= 11 is 0. The summed E-state index contributed by atoms with van der Waals surface area (Å²) in [7, 11) is 0. The van der Waals surface area contributed by atoms with Crippen LogP contribution in [0.4, 0.5) is 11.4 Å². The Morgan fingerprint density at radius 1 is 1.10 bits per heavy atom. The van der Waals surface area contributed by atoms with Crippen LogP contribution < -0.4 is 10.2 Å². The third-order valence-corrected chi connectivity index (χ3v) is 3.50. The lowest BCUT2D eigenvalue weighted by molar-refractivity contribution is 0.123. The van der Waals surface area contributed by atoms with Crippen LogP contribution in [0.2, 0.25) is 0 Å². The van der Waals surface area contributed by atoms with Crippen molar-refractivity contribution in [3.05, 3.63) is 47.9 Å². The Morgan fingerprint density at radius 3 is 2.65 bits per heavy atom. The van der Waals surface area contributed by atoms with Crippen molar-refractivity contribution in [2.45, 2.75) is 13.5 Å². The van der Waals surface area contributed by atoms with Crippen molar-refractivity contribution in [1.29, 1.82) is 0 Å². The van der Waals surface area contributed by atoms with Gasteiger partial charge >= 0.3 is 0 Å². The molecule has 0 bridgehead atoms. The molecule has 1 aromatic carbocycles. The van der Waals surface area contributed by atoms with Gasteiger partial charge in [-0.05, 0) is 31.2 Å². The van der Waals surface area contributed by atoms with E-state index in [4.69, 9.17) is 9.15 Å². The third kappa shape index (κ3) is 2.96. The second kappa shape index (κ2) is 6.01. The number of nitrogens with zero attached hydrogens (tertiary/aromatic N) is 1. The molecule has 0 atom stereocenters. The molecule has 4 heteroatoms. The molecule has 2 aromatic rings. The number of anilines is 2. The Hall–Kier alpha value is -1.94. The van der Waals surface area contributed by atoms with Crippen LogP contribution in [0, 0.1) is 6.92 Å². The zero-order chi connectivity index (χ0) is 13.8. The van der Waals surface area contributed by atoms with Crippen molar-refractivity contribution in [3.63, 3.8) is 0 Å². The molecular formula is C16H20N2O2. The van der Waals surface area contributed by atoms with Crippen LogP contribution in [-0.4, -0.2) is 26.3 Å². The van der Waals surface area contributed by atoms with Crippen LogP contribution in [0.25, 0.3) is 0 Å². The highest BCUT2D eigenvalue weighted by atomic mass is 16.5. The zero-order valence-electron chi connectivity index (χ0n) is 11.8. The van der Waals surface area contributed by atoms with Gasteiger partial charge in [-0.25, -0.2) is 0 Å². The molecule has 0 saturated carbocycles. The van der Waals surface area contributed by atoms with E-state index in [0.29, 0.717) is 6.54 Å². The fourth-order valence-electron chi connectivity index (χ4n) is 2.47. The Balaban J connectivity index is 1.72. The molecule has 1 saturated heterocycles. The first-order chi connectivity index (χ1) is 9.83. The maximum Gasteiger partial charge on any atom is 0.123 e. The number of furan rings is 1. The smallest absolute Gasteiger partial charge is 0.123 e. The molecule has 1 N–H and O–H groups in total. The summed E-state index contributed by atoms with van der Waals surface area (Å²) in [6.45, 7) is 6.15. The number of benzene rings is 1. The van der Waals surface area contributed by atoms with Crippen LogP contribution in [0.15, 0.2) is 40.8 Å².